The summed E-state index contributed by atoms with van der Waals surface area (Å²) in [6.45, 7) is 2.49. The van der Waals surface area contributed by atoms with E-state index >= 15 is 0 Å². The normalized spacial score (nSPS) is 14.9. The molecule has 0 radical (unpaired) electrons. The van der Waals surface area contributed by atoms with Crippen LogP contribution < -0.4 is 14.8 Å². The van der Waals surface area contributed by atoms with Gasteiger partial charge < -0.3 is 14.8 Å². The van der Waals surface area contributed by atoms with Crippen molar-refractivity contribution in [3.05, 3.63) is 81.9 Å². The van der Waals surface area contributed by atoms with Crippen molar-refractivity contribution < 1.29 is 19.2 Å². The van der Waals surface area contributed by atoms with E-state index in [1.165, 1.54) is 29.2 Å². The first kappa shape index (κ1) is 21.2. The summed E-state index contributed by atoms with van der Waals surface area (Å²) < 4.78 is 13.0. The van der Waals surface area contributed by atoms with Gasteiger partial charge >= 0.3 is 0 Å². The van der Waals surface area contributed by atoms with E-state index < -0.39 is 11.2 Å². The van der Waals surface area contributed by atoms with Gasteiger partial charge in [-0.2, -0.15) is 0 Å². The number of benzene rings is 3. The standard InChI is InChI=1S/C23H17N3O5S2/c1-2-30-14-8-9-16-20(12-14)33-23(24-16)32-19-10-7-13(11-17(19)26(28)29)22-25-21(27)15-5-3-4-6-18(15)31-22/h3-12,22H,2H2,1H3,(H,25,27)/t22-/m0/s1. The Kier molecular flexibility index (Phi) is 5.61. The lowest BCUT2D eigenvalue weighted by Crippen LogP contribution is -2.36. The minimum atomic E-state index is -0.815. The molecule has 1 amide bonds. The second-order valence-electron chi connectivity index (χ2n) is 7.10. The van der Waals surface area contributed by atoms with Crippen molar-refractivity contribution >= 4 is 44.9 Å². The van der Waals surface area contributed by atoms with Crippen LogP contribution >= 0.6 is 23.1 Å². The van der Waals surface area contributed by atoms with Gasteiger partial charge in [0.1, 0.15) is 11.5 Å². The number of carbonyl (C=O) groups is 1. The van der Waals surface area contributed by atoms with Gasteiger partial charge in [-0.1, -0.05) is 30.0 Å². The average Bonchev–Trinajstić information content (AvgIpc) is 3.21. The van der Waals surface area contributed by atoms with Crippen LogP contribution in [-0.2, 0) is 0 Å². The van der Waals surface area contributed by atoms with E-state index in [-0.39, 0.29) is 11.6 Å². The van der Waals surface area contributed by atoms with Crippen LogP contribution in [0.1, 0.15) is 29.1 Å². The van der Waals surface area contributed by atoms with Crippen molar-refractivity contribution in [3.8, 4) is 11.5 Å². The Morgan fingerprint density at radius 3 is 2.88 bits per heavy atom. The number of nitro groups is 1. The molecule has 0 bridgehead atoms. The molecule has 0 unspecified atom stereocenters. The SMILES string of the molecule is CCOc1ccc2nc(Sc3ccc([C@H]4NC(=O)c5ccccc5O4)cc3[N+](=O)[O-])sc2c1. The maximum absolute atomic E-state index is 12.4. The molecule has 4 aromatic rings. The highest BCUT2D eigenvalue weighted by molar-refractivity contribution is 8.01. The smallest absolute Gasteiger partial charge is 0.283 e. The van der Waals surface area contributed by atoms with Gasteiger partial charge in [-0.25, -0.2) is 4.98 Å². The van der Waals surface area contributed by atoms with Gasteiger partial charge in [0, 0.05) is 11.6 Å². The molecule has 2 heterocycles. The van der Waals surface area contributed by atoms with E-state index in [9.17, 15) is 14.9 Å². The van der Waals surface area contributed by atoms with Crippen molar-refractivity contribution in [2.24, 2.45) is 0 Å². The maximum Gasteiger partial charge on any atom is 0.283 e. The third kappa shape index (κ3) is 4.22. The molecule has 33 heavy (non-hydrogen) atoms. The lowest BCUT2D eigenvalue weighted by Gasteiger charge is -2.26. The summed E-state index contributed by atoms with van der Waals surface area (Å²) in [6.07, 6.45) is -0.815. The molecular weight excluding hydrogens is 462 g/mol. The fourth-order valence-corrected chi connectivity index (χ4v) is 5.60. The van der Waals surface area contributed by atoms with Crippen molar-refractivity contribution in [1.29, 1.82) is 0 Å². The Morgan fingerprint density at radius 2 is 2.06 bits per heavy atom. The molecule has 10 heteroatoms. The third-order valence-electron chi connectivity index (χ3n) is 4.97. The van der Waals surface area contributed by atoms with Gasteiger partial charge in [0.25, 0.3) is 11.6 Å². The average molecular weight is 480 g/mol. The molecule has 1 aromatic heterocycles. The van der Waals surface area contributed by atoms with Gasteiger partial charge in [-0.15, -0.1) is 11.3 Å². The quantitative estimate of drug-likeness (QED) is 0.285. The minimum Gasteiger partial charge on any atom is -0.494 e. The number of hydrogen-bond donors (Lipinski definition) is 1. The molecule has 166 valence electrons. The molecule has 3 aromatic carbocycles. The zero-order chi connectivity index (χ0) is 22.9. The van der Waals surface area contributed by atoms with E-state index in [1.54, 1.807) is 36.4 Å². The largest absolute Gasteiger partial charge is 0.494 e. The second kappa shape index (κ2) is 8.72. The number of hydrogen-bond acceptors (Lipinski definition) is 8. The first-order chi connectivity index (χ1) is 16.0. The Hall–Kier alpha value is -3.63. The molecule has 1 aliphatic rings. The van der Waals surface area contributed by atoms with Crippen molar-refractivity contribution in [3.63, 3.8) is 0 Å². The number of amides is 1. The molecule has 0 saturated heterocycles. The molecule has 1 N–H and O–H groups in total. The van der Waals surface area contributed by atoms with Crippen LogP contribution in [0.2, 0.25) is 0 Å². The highest BCUT2D eigenvalue weighted by Gasteiger charge is 2.28. The molecule has 0 fully saturated rings. The van der Waals surface area contributed by atoms with Crippen LogP contribution in [0.25, 0.3) is 10.2 Å². The number of nitrogens with zero attached hydrogens (tertiary/aromatic N) is 2. The Morgan fingerprint density at radius 1 is 1.21 bits per heavy atom. The van der Waals surface area contributed by atoms with Crippen LogP contribution in [0.5, 0.6) is 11.5 Å². The van der Waals surface area contributed by atoms with E-state index in [2.05, 4.69) is 10.3 Å². The number of carbonyl (C=O) groups excluding carboxylic acids is 1. The van der Waals surface area contributed by atoms with E-state index in [4.69, 9.17) is 9.47 Å². The van der Waals surface area contributed by atoms with Crippen molar-refractivity contribution in [2.75, 3.05) is 6.61 Å². The lowest BCUT2D eigenvalue weighted by molar-refractivity contribution is -0.387. The predicted molar refractivity (Wildman–Crippen MR) is 125 cm³/mol. The summed E-state index contributed by atoms with van der Waals surface area (Å²) >= 11 is 2.67. The maximum atomic E-state index is 12.4. The zero-order valence-electron chi connectivity index (χ0n) is 17.3. The van der Waals surface area contributed by atoms with Gasteiger partial charge in [0.05, 0.1) is 32.2 Å². The number of nitro benzene ring substituents is 1. The van der Waals surface area contributed by atoms with Crippen LogP contribution in [0.3, 0.4) is 0 Å². The predicted octanol–water partition coefficient (Wildman–Crippen LogP) is 5.58. The summed E-state index contributed by atoms with van der Waals surface area (Å²) in [5.41, 5.74) is 1.64. The van der Waals surface area contributed by atoms with E-state index in [1.807, 2.05) is 25.1 Å². The Balaban J connectivity index is 1.43. The third-order valence-corrected chi connectivity index (χ3v) is 7.11. The summed E-state index contributed by atoms with van der Waals surface area (Å²) in [4.78, 5) is 28.8. The molecule has 0 aliphatic carbocycles. The first-order valence-corrected chi connectivity index (χ1v) is 11.7. The van der Waals surface area contributed by atoms with Crippen LogP contribution in [0.4, 0.5) is 5.69 Å². The number of thiazole rings is 1. The monoisotopic (exact) mass is 479 g/mol. The minimum absolute atomic E-state index is 0.0801. The van der Waals surface area contributed by atoms with E-state index in [0.717, 1.165) is 16.0 Å². The van der Waals surface area contributed by atoms with Gasteiger partial charge in [0.15, 0.2) is 10.6 Å². The van der Waals surface area contributed by atoms with Crippen LogP contribution in [0.15, 0.2) is 69.9 Å². The molecule has 1 atom stereocenters. The number of nitrogens with one attached hydrogen (secondary N) is 1. The number of ether oxygens (including phenoxy) is 2. The van der Waals surface area contributed by atoms with Crippen molar-refractivity contribution in [2.45, 2.75) is 22.4 Å². The van der Waals surface area contributed by atoms with Gasteiger partial charge in [-0.3, -0.25) is 14.9 Å². The molecule has 8 nitrogen and oxygen atoms in total. The Labute approximate surface area is 196 Å². The highest BCUT2D eigenvalue weighted by Crippen LogP contribution is 2.41. The van der Waals surface area contributed by atoms with Crippen LogP contribution in [0, 0.1) is 10.1 Å². The number of para-hydroxylation sites is 1. The Bertz CT molecular complexity index is 1390. The van der Waals surface area contributed by atoms with Crippen LogP contribution in [-0.4, -0.2) is 22.4 Å². The number of aromatic nitrogens is 1. The number of rotatable bonds is 6. The lowest BCUT2D eigenvalue weighted by atomic mass is 10.1. The number of fused-ring (bicyclic) bond motifs is 2. The fraction of sp³-hybridized carbons (Fsp3) is 0.130. The molecular formula is C23H17N3O5S2. The van der Waals surface area contributed by atoms with E-state index in [0.29, 0.717) is 32.7 Å². The second-order valence-corrected chi connectivity index (χ2v) is 9.42. The highest BCUT2D eigenvalue weighted by atomic mass is 32.2. The summed E-state index contributed by atoms with van der Waals surface area (Å²) in [7, 11) is 0. The van der Waals surface area contributed by atoms with Gasteiger partial charge in [0.2, 0.25) is 0 Å². The summed E-state index contributed by atoms with van der Waals surface area (Å²) in [5, 5.41) is 14.6. The molecule has 1 aliphatic heterocycles. The molecule has 0 saturated carbocycles. The fourth-order valence-electron chi connectivity index (χ4n) is 3.47. The van der Waals surface area contributed by atoms with Gasteiger partial charge in [-0.05, 0) is 43.3 Å². The summed E-state index contributed by atoms with van der Waals surface area (Å²) in [6, 6.07) is 17.3. The van der Waals surface area contributed by atoms with Crippen molar-refractivity contribution in [1.82, 2.24) is 10.3 Å². The molecule has 0 spiro atoms. The first-order valence-electron chi connectivity index (χ1n) is 10.1. The summed E-state index contributed by atoms with van der Waals surface area (Å²) in [5.74, 6) is 0.911. The topological polar surface area (TPSA) is 104 Å². The molecule has 5 rings (SSSR count). The zero-order valence-corrected chi connectivity index (χ0v) is 18.9.